The molecule has 0 aliphatic heterocycles. The number of fused-ring (bicyclic) bond motifs is 1. The van der Waals surface area contributed by atoms with Crippen molar-refractivity contribution in [1.82, 2.24) is 14.2 Å². The lowest BCUT2D eigenvalue weighted by atomic mass is 10.0. The van der Waals surface area contributed by atoms with Gasteiger partial charge in [0.15, 0.2) is 0 Å². The van der Waals surface area contributed by atoms with Gasteiger partial charge in [-0.25, -0.2) is 4.52 Å². The summed E-state index contributed by atoms with van der Waals surface area (Å²) in [6.45, 7) is 3.62. The Morgan fingerprint density at radius 2 is 2.00 bits per heavy atom. The van der Waals surface area contributed by atoms with Crippen LogP contribution in [-0.4, -0.2) is 25.3 Å². The number of carboxylic acids is 1. The minimum atomic E-state index is -1.05. The number of benzene rings is 1. The average Bonchev–Trinajstić information content (AvgIpc) is 2.89. The Labute approximate surface area is 126 Å². The fourth-order valence-electron chi connectivity index (χ4n) is 2.44. The van der Waals surface area contributed by atoms with Crippen molar-refractivity contribution in [2.75, 3.05) is 0 Å². The van der Waals surface area contributed by atoms with Crippen LogP contribution in [0.25, 0.3) is 16.8 Å². The average molecular weight is 297 g/mol. The first kappa shape index (κ1) is 14.1. The summed E-state index contributed by atoms with van der Waals surface area (Å²) in [6, 6.07) is 7.75. The summed E-state index contributed by atoms with van der Waals surface area (Å²) >= 11 is 0. The highest BCUT2D eigenvalue weighted by atomic mass is 16.4. The molecule has 3 rings (SSSR count). The van der Waals surface area contributed by atoms with Crippen LogP contribution >= 0.6 is 0 Å². The molecule has 2 heterocycles. The Balaban J connectivity index is 2.18. The normalized spacial score (nSPS) is 11.0. The lowest BCUT2D eigenvalue weighted by Gasteiger charge is -2.03. The Morgan fingerprint density at radius 1 is 1.23 bits per heavy atom. The summed E-state index contributed by atoms with van der Waals surface area (Å²) in [5.41, 5.74) is 3.84. The number of aromatic nitrogens is 3. The zero-order chi connectivity index (χ0) is 15.9. The SMILES string of the molecule is Cc1ccc(C)c(-c2cc3c(=O)n(CC(=O)O)ccn3n2)c1. The number of carboxylic acid groups (broad SMARTS) is 1. The van der Waals surface area contributed by atoms with E-state index in [1.165, 1.54) is 10.7 Å². The Morgan fingerprint density at radius 3 is 2.73 bits per heavy atom. The maximum absolute atomic E-state index is 12.3. The van der Waals surface area contributed by atoms with E-state index in [2.05, 4.69) is 5.10 Å². The molecule has 0 aliphatic carbocycles. The molecule has 22 heavy (non-hydrogen) atoms. The molecule has 0 spiro atoms. The zero-order valence-corrected chi connectivity index (χ0v) is 12.3. The molecule has 3 aromatic rings. The Bertz CT molecular complexity index is 937. The molecule has 0 saturated heterocycles. The number of aliphatic carboxylic acids is 1. The van der Waals surface area contributed by atoms with Crippen LogP contribution in [0, 0.1) is 13.8 Å². The molecule has 0 aliphatic rings. The summed E-state index contributed by atoms with van der Waals surface area (Å²) in [6.07, 6.45) is 3.03. The second-order valence-electron chi connectivity index (χ2n) is 5.30. The third kappa shape index (κ3) is 2.39. The first-order chi connectivity index (χ1) is 10.5. The minimum Gasteiger partial charge on any atom is -0.480 e. The van der Waals surface area contributed by atoms with Crippen molar-refractivity contribution in [3.63, 3.8) is 0 Å². The molecule has 6 nitrogen and oxygen atoms in total. The fourth-order valence-corrected chi connectivity index (χ4v) is 2.44. The van der Waals surface area contributed by atoms with Crippen molar-refractivity contribution in [3.8, 4) is 11.3 Å². The zero-order valence-electron chi connectivity index (χ0n) is 12.3. The number of carbonyl (C=O) groups is 1. The number of aryl methyl sites for hydroxylation is 2. The van der Waals surface area contributed by atoms with Crippen molar-refractivity contribution in [3.05, 3.63) is 58.1 Å². The van der Waals surface area contributed by atoms with Gasteiger partial charge in [0.25, 0.3) is 5.56 Å². The van der Waals surface area contributed by atoms with E-state index in [9.17, 15) is 9.59 Å². The largest absolute Gasteiger partial charge is 0.480 e. The van der Waals surface area contributed by atoms with E-state index in [1.54, 1.807) is 12.3 Å². The molecule has 1 aromatic carbocycles. The highest BCUT2D eigenvalue weighted by molar-refractivity contribution is 5.69. The highest BCUT2D eigenvalue weighted by Crippen LogP contribution is 2.23. The molecule has 6 heteroatoms. The van der Waals surface area contributed by atoms with Gasteiger partial charge in [-0.1, -0.05) is 17.7 Å². The second-order valence-corrected chi connectivity index (χ2v) is 5.30. The van der Waals surface area contributed by atoms with Gasteiger partial charge in [0.05, 0.1) is 5.69 Å². The van der Waals surface area contributed by atoms with E-state index in [0.717, 1.165) is 21.3 Å². The molecule has 0 atom stereocenters. The van der Waals surface area contributed by atoms with Gasteiger partial charge in [0.2, 0.25) is 0 Å². The smallest absolute Gasteiger partial charge is 0.323 e. The van der Waals surface area contributed by atoms with Gasteiger partial charge in [0, 0.05) is 18.0 Å². The van der Waals surface area contributed by atoms with Gasteiger partial charge in [-0.15, -0.1) is 0 Å². The molecule has 112 valence electrons. The molecular formula is C16H15N3O3. The topological polar surface area (TPSA) is 76.6 Å². The summed E-state index contributed by atoms with van der Waals surface area (Å²) in [5.74, 6) is -1.05. The standard InChI is InChI=1S/C16H15N3O3/c1-10-3-4-11(2)12(7-10)13-8-14-16(22)18(9-15(20)21)5-6-19(14)17-13/h3-8H,9H2,1-2H3,(H,20,21). The predicted molar refractivity (Wildman–Crippen MR) is 82.0 cm³/mol. The van der Waals surface area contributed by atoms with E-state index in [1.807, 2.05) is 32.0 Å². The quantitative estimate of drug-likeness (QED) is 0.800. The Hall–Kier alpha value is -2.89. The molecule has 0 bridgehead atoms. The summed E-state index contributed by atoms with van der Waals surface area (Å²) in [5, 5.41) is 13.3. The van der Waals surface area contributed by atoms with Crippen molar-refractivity contribution >= 4 is 11.5 Å². The first-order valence-electron chi connectivity index (χ1n) is 6.84. The molecule has 0 fully saturated rings. The van der Waals surface area contributed by atoms with Crippen LogP contribution in [0.4, 0.5) is 0 Å². The van der Waals surface area contributed by atoms with Crippen molar-refractivity contribution in [2.24, 2.45) is 0 Å². The van der Waals surface area contributed by atoms with Crippen LogP contribution in [0.5, 0.6) is 0 Å². The van der Waals surface area contributed by atoms with Gasteiger partial charge >= 0.3 is 5.97 Å². The van der Waals surface area contributed by atoms with Crippen LogP contribution in [0.3, 0.4) is 0 Å². The monoisotopic (exact) mass is 297 g/mol. The number of nitrogens with zero attached hydrogens (tertiary/aromatic N) is 3. The highest BCUT2D eigenvalue weighted by Gasteiger charge is 2.12. The Kier molecular flexibility index (Phi) is 3.29. The third-order valence-corrected chi connectivity index (χ3v) is 3.58. The maximum Gasteiger partial charge on any atom is 0.323 e. The minimum absolute atomic E-state index is 0.361. The van der Waals surface area contributed by atoms with E-state index < -0.39 is 5.97 Å². The van der Waals surface area contributed by atoms with E-state index in [4.69, 9.17) is 5.11 Å². The van der Waals surface area contributed by atoms with Crippen LogP contribution in [0.1, 0.15) is 11.1 Å². The predicted octanol–water partition coefficient (Wildman–Crippen LogP) is 1.86. The van der Waals surface area contributed by atoms with Crippen LogP contribution in [0.15, 0.2) is 41.5 Å². The molecule has 1 N–H and O–H groups in total. The molecule has 0 radical (unpaired) electrons. The van der Waals surface area contributed by atoms with Crippen LogP contribution in [0.2, 0.25) is 0 Å². The maximum atomic E-state index is 12.3. The van der Waals surface area contributed by atoms with Crippen molar-refractivity contribution in [1.29, 1.82) is 0 Å². The van der Waals surface area contributed by atoms with E-state index in [-0.39, 0.29) is 12.1 Å². The second kappa shape index (κ2) is 5.14. The third-order valence-electron chi connectivity index (χ3n) is 3.58. The number of hydrogen-bond acceptors (Lipinski definition) is 3. The molecular weight excluding hydrogens is 282 g/mol. The van der Waals surface area contributed by atoms with Gasteiger partial charge in [-0.3, -0.25) is 9.59 Å². The van der Waals surface area contributed by atoms with Gasteiger partial charge in [-0.2, -0.15) is 5.10 Å². The van der Waals surface area contributed by atoms with Crippen LogP contribution < -0.4 is 5.56 Å². The van der Waals surface area contributed by atoms with Gasteiger partial charge in [0.1, 0.15) is 12.1 Å². The molecule has 0 unspecified atom stereocenters. The summed E-state index contributed by atoms with van der Waals surface area (Å²) in [4.78, 5) is 23.1. The van der Waals surface area contributed by atoms with E-state index >= 15 is 0 Å². The molecule has 0 amide bonds. The van der Waals surface area contributed by atoms with Crippen molar-refractivity contribution < 1.29 is 9.90 Å². The number of rotatable bonds is 3. The van der Waals surface area contributed by atoms with Gasteiger partial charge < -0.3 is 9.67 Å². The number of hydrogen-bond donors (Lipinski definition) is 1. The summed E-state index contributed by atoms with van der Waals surface area (Å²) in [7, 11) is 0. The van der Waals surface area contributed by atoms with Crippen molar-refractivity contribution in [2.45, 2.75) is 20.4 Å². The first-order valence-corrected chi connectivity index (χ1v) is 6.84. The lowest BCUT2D eigenvalue weighted by Crippen LogP contribution is -2.24. The fraction of sp³-hybridized carbons (Fsp3) is 0.188. The van der Waals surface area contributed by atoms with Crippen LogP contribution in [-0.2, 0) is 11.3 Å². The summed E-state index contributed by atoms with van der Waals surface area (Å²) < 4.78 is 2.64. The lowest BCUT2D eigenvalue weighted by molar-refractivity contribution is -0.137. The van der Waals surface area contributed by atoms with Gasteiger partial charge in [-0.05, 0) is 31.5 Å². The molecule has 2 aromatic heterocycles. The molecule has 0 saturated carbocycles. The van der Waals surface area contributed by atoms with E-state index in [0.29, 0.717) is 11.2 Å².